The molecule has 2 aromatic rings. The van der Waals surface area contributed by atoms with Gasteiger partial charge in [-0.2, -0.15) is 5.10 Å². The van der Waals surface area contributed by atoms with Gasteiger partial charge in [0.2, 0.25) is 0 Å². The first-order valence-corrected chi connectivity index (χ1v) is 11.0. The van der Waals surface area contributed by atoms with Crippen LogP contribution in [0.5, 0.6) is 0 Å². The van der Waals surface area contributed by atoms with Gasteiger partial charge >= 0.3 is 0 Å². The largest absolute Gasteiger partial charge is 0.360 e. The van der Waals surface area contributed by atoms with E-state index in [4.69, 9.17) is 4.74 Å². The first-order chi connectivity index (χ1) is 9.40. The highest BCUT2D eigenvalue weighted by Gasteiger charge is 2.13. The molecule has 0 aliphatic carbocycles. The van der Waals surface area contributed by atoms with Gasteiger partial charge in [0.15, 0.2) is 6.29 Å². The van der Waals surface area contributed by atoms with E-state index < -0.39 is 8.07 Å². The average molecular weight is 356 g/mol. The summed E-state index contributed by atoms with van der Waals surface area (Å²) >= 11 is 3.30. The van der Waals surface area contributed by atoms with Crippen molar-refractivity contribution in [2.45, 2.75) is 32.4 Å². The fraction of sp³-hybridized carbons (Fsp3) is 0.462. The van der Waals surface area contributed by atoms with E-state index in [0.29, 0.717) is 17.0 Å². The molecule has 20 heavy (non-hydrogen) atoms. The minimum Gasteiger partial charge on any atom is -0.360 e. The van der Waals surface area contributed by atoms with Gasteiger partial charge in [0.05, 0.1) is 11.7 Å². The highest BCUT2D eigenvalue weighted by atomic mass is 79.9. The standard InChI is InChI=1S/C13H18BrN3O2Si/c1-20(2,3)5-4-19-9-17-12-7-15-13(14)6-10(12)11(8-18)16-17/h6-8H,4-5,9H2,1-3H3. The predicted octanol–water partition coefficient (Wildman–Crippen LogP) is 3.32. The highest BCUT2D eigenvalue weighted by Crippen LogP contribution is 2.20. The number of pyridine rings is 1. The molecule has 5 nitrogen and oxygen atoms in total. The lowest BCUT2D eigenvalue weighted by Gasteiger charge is -2.15. The Bertz CT molecular complexity index is 622. The molecule has 0 saturated heterocycles. The first kappa shape index (κ1) is 15.3. The van der Waals surface area contributed by atoms with Crippen LogP contribution in [0.3, 0.4) is 0 Å². The third-order valence-corrected chi connectivity index (χ3v) is 5.09. The van der Waals surface area contributed by atoms with E-state index in [9.17, 15) is 4.79 Å². The molecule has 0 aromatic carbocycles. The molecule has 0 aliphatic heterocycles. The van der Waals surface area contributed by atoms with Crippen LogP contribution in [0.4, 0.5) is 0 Å². The van der Waals surface area contributed by atoms with Gasteiger partial charge in [-0.25, -0.2) is 9.67 Å². The lowest BCUT2D eigenvalue weighted by Crippen LogP contribution is -2.22. The van der Waals surface area contributed by atoms with Gasteiger partial charge in [-0.05, 0) is 28.0 Å². The molecule has 108 valence electrons. The maximum Gasteiger partial charge on any atom is 0.170 e. The van der Waals surface area contributed by atoms with Crippen LogP contribution in [0.25, 0.3) is 10.9 Å². The molecule has 2 rings (SSSR count). The molecule has 0 atom stereocenters. The Morgan fingerprint density at radius 2 is 2.20 bits per heavy atom. The van der Waals surface area contributed by atoms with E-state index in [1.165, 1.54) is 0 Å². The lowest BCUT2D eigenvalue weighted by atomic mass is 10.2. The van der Waals surface area contributed by atoms with Crippen molar-refractivity contribution in [2.24, 2.45) is 0 Å². The maximum atomic E-state index is 11.1. The molecule has 0 bridgehead atoms. The molecule has 2 heterocycles. The summed E-state index contributed by atoms with van der Waals surface area (Å²) in [5.41, 5.74) is 1.22. The monoisotopic (exact) mass is 355 g/mol. The smallest absolute Gasteiger partial charge is 0.170 e. The Labute approximate surface area is 127 Å². The van der Waals surface area contributed by atoms with Gasteiger partial charge < -0.3 is 4.74 Å². The highest BCUT2D eigenvalue weighted by molar-refractivity contribution is 9.10. The Kier molecular flexibility index (Phi) is 4.72. The minimum atomic E-state index is -1.09. The molecule has 0 unspecified atom stereocenters. The van der Waals surface area contributed by atoms with Crippen molar-refractivity contribution in [3.63, 3.8) is 0 Å². The van der Waals surface area contributed by atoms with Crippen LogP contribution in [0, 0.1) is 0 Å². The summed E-state index contributed by atoms with van der Waals surface area (Å²) in [6.07, 6.45) is 2.45. The summed E-state index contributed by atoms with van der Waals surface area (Å²) in [5.74, 6) is 0. The van der Waals surface area contributed by atoms with Gasteiger partial charge in [-0.1, -0.05) is 19.6 Å². The third-order valence-electron chi connectivity index (χ3n) is 2.95. The van der Waals surface area contributed by atoms with Crippen molar-refractivity contribution >= 4 is 41.2 Å². The van der Waals surface area contributed by atoms with E-state index in [-0.39, 0.29) is 0 Å². The zero-order valence-corrected chi connectivity index (χ0v) is 14.5. The number of carbonyl (C=O) groups is 1. The molecule has 0 radical (unpaired) electrons. The predicted molar refractivity (Wildman–Crippen MR) is 84.7 cm³/mol. The van der Waals surface area contributed by atoms with E-state index >= 15 is 0 Å². The van der Waals surface area contributed by atoms with Crippen LogP contribution >= 0.6 is 15.9 Å². The van der Waals surface area contributed by atoms with Crippen LogP contribution in [0.2, 0.25) is 25.7 Å². The summed E-state index contributed by atoms with van der Waals surface area (Å²) in [6.45, 7) is 8.00. The van der Waals surface area contributed by atoms with Gasteiger partial charge in [-0.3, -0.25) is 4.79 Å². The van der Waals surface area contributed by atoms with Gasteiger partial charge in [-0.15, -0.1) is 0 Å². The summed E-state index contributed by atoms with van der Waals surface area (Å²) < 4.78 is 8.04. The maximum absolute atomic E-state index is 11.1. The number of rotatable bonds is 6. The quantitative estimate of drug-likeness (QED) is 0.345. The van der Waals surface area contributed by atoms with Crippen LogP contribution < -0.4 is 0 Å². The van der Waals surface area contributed by atoms with Gasteiger partial charge in [0.25, 0.3) is 0 Å². The molecule has 0 N–H and O–H groups in total. The number of fused-ring (bicyclic) bond motifs is 1. The number of hydrogen-bond donors (Lipinski definition) is 0. The molecule has 2 aromatic heterocycles. The van der Waals surface area contributed by atoms with Gasteiger partial charge in [0.1, 0.15) is 17.0 Å². The summed E-state index contributed by atoms with van der Waals surface area (Å²) in [7, 11) is -1.09. The summed E-state index contributed by atoms with van der Waals surface area (Å²) in [5, 5.41) is 5.04. The van der Waals surface area contributed by atoms with Crippen LogP contribution in [0.1, 0.15) is 10.5 Å². The Morgan fingerprint density at radius 1 is 1.45 bits per heavy atom. The van der Waals surface area contributed by atoms with Crippen molar-refractivity contribution in [3.05, 3.63) is 22.6 Å². The molecular weight excluding hydrogens is 338 g/mol. The van der Waals surface area contributed by atoms with Crippen LogP contribution in [0.15, 0.2) is 16.9 Å². The second kappa shape index (κ2) is 6.15. The molecule has 0 saturated carbocycles. The SMILES string of the molecule is C[Si](C)(C)CCOCn1nc(C=O)c2cc(Br)ncc21. The van der Waals surface area contributed by atoms with Crippen LogP contribution in [-0.4, -0.2) is 35.7 Å². The molecule has 0 aliphatic rings. The number of carbonyl (C=O) groups excluding carboxylic acids is 1. The molecule has 0 amide bonds. The Morgan fingerprint density at radius 3 is 2.85 bits per heavy atom. The fourth-order valence-electron chi connectivity index (χ4n) is 1.79. The van der Waals surface area contributed by atoms with E-state index in [1.807, 2.05) is 0 Å². The average Bonchev–Trinajstić information content (AvgIpc) is 2.71. The van der Waals surface area contributed by atoms with Gasteiger partial charge in [0, 0.05) is 20.1 Å². The zero-order chi connectivity index (χ0) is 14.8. The number of ether oxygens (including phenoxy) is 1. The number of nitrogens with zero attached hydrogens (tertiary/aromatic N) is 3. The molecular formula is C13H18BrN3O2Si. The number of hydrogen-bond acceptors (Lipinski definition) is 4. The van der Waals surface area contributed by atoms with Crippen LogP contribution in [-0.2, 0) is 11.5 Å². The lowest BCUT2D eigenvalue weighted by molar-refractivity contribution is 0.0812. The molecule has 0 fully saturated rings. The van der Waals surface area contributed by atoms with Crippen molar-refractivity contribution in [2.75, 3.05) is 6.61 Å². The zero-order valence-electron chi connectivity index (χ0n) is 11.9. The fourth-order valence-corrected chi connectivity index (χ4v) is 2.87. The number of aldehydes is 1. The van der Waals surface area contributed by atoms with Crippen molar-refractivity contribution in [3.8, 4) is 0 Å². The third kappa shape index (κ3) is 3.74. The van der Waals surface area contributed by atoms with E-state index in [2.05, 4.69) is 45.7 Å². The van der Waals surface area contributed by atoms with E-state index in [1.54, 1.807) is 16.9 Å². The topological polar surface area (TPSA) is 57.0 Å². The second-order valence-electron chi connectivity index (χ2n) is 5.87. The first-order valence-electron chi connectivity index (χ1n) is 6.46. The minimum absolute atomic E-state index is 0.345. The number of halogens is 1. The summed E-state index contributed by atoms with van der Waals surface area (Å²) in [6, 6.07) is 2.90. The van der Waals surface area contributed by atoms with E-state index in [0.717, 1.165) is 29.8 Å². The van der Waals surface area contributed by atoms with Crippen molar-refractivity contribution < 1.29 is 9.53 Å². The molecule has 7 heteroatoms. The Balaban J connectivity index is 2.12. The second-order valence-corrected chi connectivity index (χ2v) is 12.3. The summed E-state index contributed by atoms with van der Waals surface area (Å²) in [4.78, 5) is 15.2. The molecule has 0 spiro atoms. The Hall–Kier alpha value is -1.05. The van der Waals surface area contributed by atoms with Crippen molar-refractivity contribution in [1.82, 2.24) is 14.8 Å². The van der Waals surface area contributed by atoms with Crippen molar-refractivity contribution in [1.29, 1.82) is 0 Å². The number of aromatic nitrogens is 3. The normalized spacial score (nSPS) is 12.0.